The molecule has 1 aliphatic carbocycles. The SMILES string of the molecule is C[C@@H]1CN(C(=O)[C@@H]2CN(C(C)(C)C)C[C@H]2C2CC=C(F)C=C2F)C[C@H](C)[C@@]1(O)c1ccccc1. The average Bonchev–Trinajstić information content (AvgIpc) is 3.23. The molecule has 6 atom stereocenters. The van der Waals surface area contributed by atoms with Gasteiger partial charge in [0, 0.05) is 55.5 Å². The Balaban J connectivity index is 1.57. The minimum absolute atomic E-state index is 0.0217. The van der Waals surface area contributed by atoms with E-state index in [1.807, 2.05) is 49.1 Å². The number of carbonyl (C=O) groups is 1. The molecule has 1 aromatic rings. The van der Waals surface area contributed by atoms with Crippen LogP contribution < -0.4 is 0 Å². The van der Waals surface area contributed by atoms with E-state index in [4.69, 9.17) is 0 Å². The molecule has 1 aromatic carbocycles. The van der Waals surface area contributed by atoms with Gasteiger partial charge < -0.3 is 10.0 Å². The monoisotopic (exact) mass is 472 g/mol. The third-order valence-electron chi connectivity index (χ3n) is 8.38. The number of carbonyl (C=O) groups excluding carboxylic acids is 1. The second kappa shape index (κ2) is 9.19. The van der Waals surface area contributed by atoms with Crippen LogP contribution in [-0.2, 0) is 10.4 Å². The predicted octanol–water partition coefficient (Wildman–Crippen LogP) is 5.06. The summed E-state index contributed by atoms with van der Waals surface area (Å²) < 4.78 is 28.5. The molecular formula is C28H38F2N2O2. The summed E-state index contributed by atoms with van der Waals surface area (Å²) >= 11 is 0. The second-order valence-corrected chi connectivity index (χ2v) is 11.5. The molecule has 3 aliphatic rings. The van der Waals surface area contributed by atoms with Gasteiger partial charge in [-0.1, -0.05) is 44.2 Å². The van der Waals surface area contributed by atoms with E-state index in [-0.39, 0.29) is 41.5 Å². The zero-order chi connectivity index (χ0) is 24.8. The van der Waals surface area contributed by atoms with E-state index in [1.54, 1.807) is 0 Å². The zero-order valence-corrected chi connectivity index (χ0v) is 21.0. The maximum absolute atomic E-state index is 14.9. The van der Waals surface area contributed by atoms with Gasteiger partial charge in [-0.3, -0.25) is 9.69 Å². The highest BCUT2D eigenvalue weighted by molar-refractivity contribution is 5.80. The maximum atomic E-state index is 14.9. The van der Waals surface area contributed by atoms with E-state index >= 15 is 0 Å². The van der Waals surface area contributed by atoms with Crippen molar-refractivity contribution in [3.63, 3.8) is 0 Å². The van der Waals surface area contributed by atoms with Gasteiger partial charge in [0.2, 0.25) is 5.91 Å². The minimum atomic E-state index is -1.01. The van der Waals surface area contributed by atoms with Gasteiger partial charge in [0.05, 0.1) is 11.5 Å². The molecule has 34 heavy (non-hydrogen) atoms. The largest absolute Gasteiger partial charge is 0.384 e. The molecule has 0 aromatic heterocycles. The van der Waals surface area contributed by atoms with Crippen molar-refractivity contribution >= 4 is 5.91 Å². The third-order valence-corrected chi connectivity index (χ3v) is 8.38. The van der Waals surface area contributed by atoms with Crippen LogP contribution in [0.3, 0.4) is 0 Å². The first-order chi connectivity index (χ1) is 15.9. The van der Waals surface area contributed by atoms with Crippen molar-refractivity contribution in [1.29, 1.82) is 0 Å². The Labute approximate surface area is 202 Å². The first-order valence-corrected chi connectivity index (χ1v) is 12.5. The van der Waals surface area contributed by atoms with E-state index in [9.17, 15) is 18.7 Å². The Morgan fingerprint density at radius 2 is 1.65 bits per heavy atom. The minimum Gasteiger partial charge on any atom is -0.384 e. The Kier molecular flexibility index (Phi) is 6.78. The van der Waals surface area contributed by atoms with Crippen LogP contribution in [0.5, 0.6) is 0 Å². The van der Waals surface area contributed by atoms with Crippen LogP contribution in [0.4, 0.5) is 8.78 Å². The van der Waals surface area contributed by atoms with Crippen molar-refractivity contribution in [2.24, 2.45) is 29.6 Å². The Bertz CT molecular complexity index is 956. The number of rotatable bonds is 3. The van der Waals surface area contributed by atoms with Crippen LogP contribution in [0.2, 0.25) is 0 Å². The number of amides is 1. The van der Waals surface area contributed by atoms with Crippen molar-refractivity contribution in [1.82, 2.24) is 9.80 Å². The molecule has 2 saturated heterocycles. The van der Waals surface area contributed by atoms with Crippen molar-refractivity contribution in [2.75, 3.05) is 26.2 Å². The lowest BCUT2D eigenvalue weighted by Gasteiger charge is -2.49. The van der Waals surface area contributed by atoms with Gasteiger partial charge in [0.15, 0.2) is 0 Å². The summed E-state index contributed by atoms with van der Waals surface area (Å²) in [4.78, 5) is 18.0. The van der Waals surface area contributed by atoms with Crippen LogP contribution >= 0.6 is 0 Å². The molecular weight excluding hydrogens is 434 g/mol. The van der Waals surface area contributed by atoms with Crippen LogP contribution in [0.15, 0.2) is 54.1 Å². The number of hydrogen-bond donors (Lipinski definition) is 1. The second-order valence-electron chi connectivity index (χ2n) is 11.5. The molecule has 1 unspecified atom stereocenters. The normalized spacial score (nSPS) is 35.2. The molecule has 2 aliphatic heterocycles. The first kappa shape index (κ1) is 25.1. The molecule has 0 bridgehead atoms. The Morgan fingerprint density at radius 1 is 1.03 bits per heavy atom. The summed E-state index contributed by atoms with van der Waals surface area (Å²) in [6.45, 7) is 12.4. The number of allylic oxidation sites excluding steroid dienone is 4. The highest BCUT2D eigenvalue weighted by Gasteiger charge is 2.51. The number of benzene rings is 1. The molecule has 1 amide bonds. The van der Waals surface area contributed by atoms with Crippen LogP contribution in [0.25, 0.3) is 0 Å². The quantitative estimate of drug-likeness (QED) is 0.669. The summed E-state index contributed by atoms with van der Waals surface area (Å²) in [5.41, 5.74) is -0.285. The maximum Gasteiger partial charge on any atom is 0.227 e. The van der Waals surface area contributed by atoms with Gasteiger partial charge in [0.25, 0.3) is 0 Å². The van der Waals surface area contributed by atoms with E-state index in [0.717, 1.165) is 11.6 Å². The molecule has 4 nitrogen and oxygen atoms in total. The molecule has 6 heteroatoms. The lowest BCUT2D eigenvalue weighted by atomic mass is 9.70. The molecule has 0 radical (unpaired) electrons. The lowest BCUT2D eigenvalue weighted by Crippen LogP contribution is -2.57. The molecule has 2 heterocycles. The fourth-order valence-corrected chi connectivity index (χ4v) is 6.26. The van der Waals surface area contributed by atoms with Gasteiger partial charge in [-0.2, -0.15) is 0 Å². The number of hydrogen-bond acceptors (Lipinski definition) is 3. The molecule has 1 N–H and O–H groups in total. The Hall–Kier alpha value is -2.05. The number of nitrogens with zero attached hydrogens (tertiary/aromatic N) is 2. The molecule has 0 spiro atoms. The molecule has 0 saturated carbocycles. The van der Waals surface area contributed by atoms with Gasteiger partial charge in [-0.25, -0.2) is 8.78 Å². The summed E-state index contributed by atoms with van der Waals surface area (Å²) in [6.07, 6.45) is 2.68. The average molecular weight is 473 g/mol. The van der Waals surface area contributed by atoms with E-state index < -0.39 is 23.2 Å². The van der Waals surface area contributed by atoms with Gasteiger partial charge in [-0.15, -0.1) is 0 Å². The molecule has 2 fully saturated rings. The third kappa shape index (κ3) is 4.47. The predicted molar refractivity (Wildman–Crippen MR) is 130 cm³/mol. The number of piperidine rings is 1. The van der Waals surface area contributed by atoms with Gasteiger partial charge in [-0.05, 0) is 44.7 Å². The standard InChI is InChI=1S/C28H38F2N2O2/c1-18-14-31(15-19(2)28(18,34)20-9-7-6-8-10-20)26(33)24-17-32(27(3,4)5)16-23(24)22-12-11-21(29)13-25(22)30/h6-11,13,18-19,22-24,34H,12,14-17H2,1-5H3/t18-,19+,22?,23-,24+,28-/m0/s1. The van der Waals surface area contributed by atoms with Crippen molar-refractivity contribution < 1.29 is 18.7 Å². The van der Waals surface area contributed by atoms with E-state index in [2.05, 4.69) is 25.7 Å². The summed E-state index contributed by atoms with van der Waals surface area (Å²) in [6, 6.07) is 9.69. The fraction of sp³-hybridized carbons (Fsp3) is 0.607. The number of aliphatic hydroxyl groups is 1. The van der Waals surface area contributed by atoms with Crippen LogP contribution in [-0.4, -0.2) is 52.5 Å². The molecule has 4 rings (SSSR count). The van der Waals surface area contributed by atoms with E-state index in [1.165, 1.54) is 6.08 Å². The summed E-state index contributed by atoms with van der Waals surface area (Å²) in [5, 5.41) is 11.7. The van der Waals surface area contributed by atoms with Crippen molar-refractivity contribution in [3.05, 3.63) is 59.7 Å². The number of likely N-dealkylation sites (tertiary alicyclic amines) is 2. The zero-order valence-electron chi connectivity index (χ0n) is 21.0. The highest BCUT2D eigenvalue weighted by atomic mass is 19.1. The number of halogens is 2. The Morgan fingerprint density at radius 3 is 2.21 bits per heavy atom. The van der Waals surface area contributed by atoms with Crippen molar-refractivity contribution in [2.45, 2.75) is 52.2 Å². The van der Waals surface area contributed by atoms with Crippen LogP contribution in [0.1, 0.15) is 46.6 Å². The van der Waals surface area contributed by atoms with Gasteiger partial charge >= 0.3 is 0 Å². The topological polar surface area (TPSA) is 43.8 Å². The summed E-state index contributed by atoms with van der Waals surface area (Å²) in [5.74, 6) is -2.34. The highest BCUT2D eigenvalue weighted by Crippen LogP contribution is 2.45. The van der Waals surface area contributed by atoms with Crippen molar-refractivity contribution in [3.8, 4) is 0 Å². The fourth-order valence-electron chi connectivity index (χ4n) is 6.26. The van der Waals surface area contributed by atoms with Gasteiger partial charge in [0.1, 0.15) is 11.7 Å². The molecule has 186 valence electrons. The first-order valence-electron chi connectivity index (χ1n) is 12.5. The van der Waals surface area contributed by atoms with Crippen LogP contribution in [0, 0.1) is 29.6 Å². The van der Waals surface area contributed by atoms with E-state index in [0.29, 0.717) is 26.2 Å². The smallest absolute Gasteiger partial charge is 0.227 e. The summed E-state index contributed by atoms with van der Waals surface area (Å²) in [7, 11) is 0. The lowest BCUT2D eigenvalue weighted by molar-refractivity contribution is -0.153.